The van der Waals surface area contributed by atoms with Gasteiger partial charge < -0.3 is 15.6 Å². The highest BCUT2D eigenvalue weighted by Crippen LogP contribution is 2.40. The van der Waals surface area contributed by atoms with E-state index in [4.69, 9.17) is 10.5 Å². The lowest BCUT2D eigenvalue weighted by Crippen LogP contribution is -2.26. The minimum absolute atomic E-state index is 0.117. The number of nitrogens with two attached hydrogens (primary N) is 1. The Hall–Kier alpha value is -1.06. The number of aryl methyl sites for hydroxylation is 1. The fourth-order valence-corrected chi connectivity index (χ4v) is 2.59. The molecule has 1 aromatic rings. The molecule has 88 valence electrons. The van der Waals surface area contributed by atoms with Crippen LogP contribution in [0.15, 0.2) is 18.2 Å². The Balaban J connectivity index is 2.33. The highest BCUT2D eigenvalue weighted by Gasteiger charge is 2.38. The molecule has 1 aliphatic carbocycles. The van der Waals surface area contributed by atoms with E-state index in [0.717, 1.165) is 29.7 Å². The van der Waals surface area contributed by atoms with Gasteiger partial charge in [-0.05, 0) is 49.4 Å². The zero-order valence-corrected chi connectivity index (χ0v) is 9.86. The molecule has 1 fully saturated rings. The Labute approximate surface area is 96.2 Å². The molecule has 2 unspecified atom stereocenters. The SMILES string of the molecule is COc1ccc(C2(O)CCC(N)C2)c(C)c1. The van der Waals surface area contributed by atoms with E-state index in [1.54, 1.807) is 7.11 Å². The summed E-state index contributed by atoms with van der Waals surface area (Å²) in [6.07, 6.45) is 2.30. The maximum absolute atomic E-state index is 10.6. The second-order valence-electron chi connectivity index (χ2n) is 4.72. The van der Waals surface area contributed by atoms with E-state index >= 15 is 0 Å². The van der Waals surface area contributed by atoms with Crippen molar-refractivity contribution in [2.75, 3.05) is 7.11 Å². The van der Waals surface area contributed by atoms with E-state index in [0.29, 0.717) is 6.42 Å². The summed E-state index contributed by atoms with van der Waals surface area (Å²) >= 11 is 0. The van der Waals surface area contributed by atoms with Gasteiger partial charge in [0.2, 0.25) is 0 Å². The van der Waals surface area contributed by atoms with Crippen LogP contribution in [0.2, 0.25) is 0 Å². The third kappa shape index (κ3) is 1.93. The van der Waals surface area contributed by atoms with Gasteiger partial charge in [0.25, 0.3) is 0 Å². The van der Waals surface area contributed by atoms with Crippen LogP contribution in [0.4, 0.5) is 0 Å². The largest absolute Gasteiger partial charge is 0.497 e. The highest BCUT2D eigenvalue weighted by molar-refractivity contribution is 5.38. The van der Waals surface area contributed by atoms with Gasteiger partial charge >= 0.3 is 0 Å². The molecular formula is C13H19NO2. The number of aliphatic hydroxyl groups is 1. The van der Waals surface area contributed by atoms with Crippen molar-refractivity contribution in [3.63, 3.8) is 0 Å². The van der Waals surface area contributed by atoms with Crippen molar-refractivity contribution < 1.29 is 9.84 Å². The van der Waals surface area contributed by atoms with Crippen LogP contribution in [0.5, 0.6) is 5.75 Å². The van der Waals surface area contributed by atoms with Crippen molar-refractivity contribution in [3.8, 4) is 5.75 Å². The number of hydrogen-bond donors (Lipinski definition) is 2. The van der Waals surface area contributed by atoms with Crippen molar-refractivity contribution in [1.82, 2.24) is 0 Å². The third-order valence-electron chi connectivity index (χ3n) is 3.46. The molecule has 0 radical (unpaired) electrons. The van der Waals surface area contributed by atoms with Crippen molar-refractivity contribution in [1.29, 1.82) is 0 Å². The lowest BCUT2D eigenvalue weighted by molar-refractivity contribution is 0.0424. The Kier molecular flexibility index (Phi) is 2.91. The number of benzene rings is 1. The number of ether oxygens (including phenoxy) is 1. The molecule has 3 N–H and O–H groups in total. The van der Waals surface area contributed by atoms with Crippen LogP contribution in [0.25, 0.3) is 0 Å². The van der Waals surface area contributed by atoms with Crippen LogP contribution in [-0.4, -0.2) is 18.3 Å². The Morgan fingerprint density at radius 1 is 1.50 bits per heavy atom. The first-order chi connectivity index (χ1) is 7.55. The normalized spacial score (nSPS) is 29.4. The second-order valence-corrected chi connectivity index (χ2v) is 4.72. The summed E-state index contributed by atoms with van der Waals surface area (Å²) < 4.78 is 5.16. The first-order valence-electron chi connectivity index (χ1n) is 5.68. The average molecular weight is 221 g/mol. The number of hydrogen-bond acceptors (Lipinski definition) is 3. The van der Waals surface area contributed by atoms with Crippen LogP contribution >= 0.6 is 0 Å². The lowest BCUT2D eigenvalue weighted by atomic mass is 9.88. The monoisotopic (exact) mass is 221 g/mol. The van der Waals surface area contributed by atoms with Gasteiger partial charge in [-0.2, -0.15) is 0 Å². The molecule has 2 atom stereocenters. The van der Waals surface area contributed by atoms with E-state index in [1.165, 1.54) is 0 Å². The summed E-state index contributed by atoms with van der Waals surface area (Å²) in [5.41, 5.74) is 7.18. The fraction of sp³-hybridized carbons (Fsp3) is 0.538. The minimum Gasteiger partial charge on any atom is -0.497 e. The summed E-state index contributed by atoms with van der Waals surface area (Å²) in [5, 5.41) is 10.6. The second kappa shape index (κ2) is 4.07. The summed E-state index contributed by atoms with van der Waals surface area (Å²) in [4.78, 5) is 0. The molecule has 0 amide bonds. The Morgan fingerprint density at radius 2 is 2.25 bits per heavy atom. The molecular weight excluding hydrogens is 202 g/mol. The first-order valence-corrected chi connectivity index (χ1v) is 5.68. The van der Waals surface area contributed by atoms with Crippen LogP contribution in [0.3, 0.4) is 0 Å². The van der Waals surface area contributed by atoms with Gasteiger partial charge in [0.15, 0.2) is 0 Å². The topological polar surface area (TPSA) is 55.5 Å². The van der Waals surface area contributed by atoms with Crippen LogP contribution < -0.4 is 10.5 Å². The Bertz CT molecular complexity index is 392. The third-order valence-corrected chi connectivity index (χ3v) is 3.46. The summed E-state index contributed by atoms with van der Waals surface area (Å²) in [6.45, 7) is 2.00. The summed E-state index contributed by atoms with van der Waals surface area (Å²) in [5.74, 6) is 0.826. The number of rotatable bonds is 2. The van der Waals surface area contributed by atoms with Gasteiger partial charge in [-0.15, -0.1) is 0 Å². The molecule has 1 saturated carbocycles. The van der Waals surface area contributed by atoms with E-state index in [1.807, 2.05) is 25.1 Å². The average Bonchev–Trinajstić information content (AvgIpc) is 2.59. The molecule has 0 saturated heterocycles. The van der Waals surface area contributed by atoms with Crippen LogP contribution in [0, 0.1) is 6.92 Å². The molecule has 0 aromatic heterocycles. The van der Waals surface area contributed by atoms with Gasteiger partial charge in [-0.3, -0.25) is 0 Å². The van der Waals surface area contributed by atoms with E-state index < -0.39 is 5.60 Å². The maximum Gasteiger partial charge on any atom is 0.119 e. The molecule has 3 heteroatoms. The van der Waals surface area contributed by atoms with Gasteiger partial charge in [0.1, 0.15) is 5.75 Å². The summed E-state index contributed by atoms with van der Waals surface area (Å²) in [7, 11) is 1.65. The van der Waals surface area contributed by atoms with Gasteiger partial charge in [0.05, 0.1) is 12.7 Å². The zero-order chi connectivity index (χ0) is 11.8. The standard InChI is InChI=1S/C13H19NO2/c1-9-7-11(16-2)3-4-12(9)13(15)6-5-10(14)8-13/h3-4,7,10,15H,5-6,8,14H2,1-2H3. The molecule has 1 aromatic carbocycles. The predicted octanol–water partition coefficient (Wildman–Crippen LogP) is 1.70. The first kappa shape index (κ1) is 11.4. The van der Waals surface area contributed by atoms with Crippen molar-refractivity contribution in [2.24, 2.45) is 5.73 Å². The van der Waals surface area contributed by atoms with Crippen molar-refractivity contribution >= 4 is 0 Å². The fourth-order valence-electron chi connectivity index (χ4n) is 2.59. The lowest BCUT2D eigenvalue weighted by Gasteiger charge is -2.25. The smallest absolute Gasteiger partial charge is 0.119 e. The van der Waals surface area contributed by atoms with E-state index in [9.17, 15) is 5.11 Å². The quantitative estimate of drug-likeness (QED) is 0.799. The van der Waals surface area contributed by atoms with Crippen LogP contribution in [0.1, 0.15) is 30.4 Å². The van der Waals surface area contributed by atoms with Crippen LogP contribution in [-0.2, 0) is 5.60 Å². The molecule has 2 rings (SSSR count). The molecule has 3 nitrogen and oxygen atoms in total. The maximum atomic E-state index is 10.6. The van der Waals surface area contributed by atoms with Gasteiger partial charge in [-0.1, -0.05) is 6.07 Å². The summed E-state index contributed by atoms with van der Waals surface area (Å²) in [6, 6.07) is 5.92. The molecule has 0 spiro atoms. The molecule has 0 bridgehead atoms. The van der Waals surface area contributed by atoms with Crippen molar-refractivity contribution in [3.05, 3.63) is 29.3 Å². The van der Waals surface area contributed by atoms with Gasteiger partial charge in [0, 0.05) is 6.04 Å². The van der Waals surface area contributed by atoms with Crippen molar-refractivity contribution in [2.45, 2.75) is 37.8 Å². The molecule has 1 aliphatic rings. The molecule has 0 aliphatic heterocycles. The highest BCUT2D eigenvalue weighted by atomic mass is 16.5. The minimum atomic E-state index is -0.740. The van der Waals surface area contributed by atoms with E-state index in [2.05, 4.69) is 0 Å². The Morgan fingerprint density at radius 3 is 2.75 bits per heavy atom. The van der Waals surface area contributed by atoms with Gasteiger partial charge in [-0.25, -0.2) is 0 Å². The number of methoxy groups -OCH3 is 1. The predicted molar refractivity (Wildman–Crippen MR) is 63.5 cm³/mol. The molecule has 0 heterocycles. The zero-order valence-electron chi connectivity index (χ0n) is 9.86. The molecule has 16 heavy (non-hydrogen) atoms. The van der Waals surface area contributed by atoms with E-state index in [-0.39, 0.29) is 6.04 Å².